The number of esters is 1. The highest BCUT2D eigenvalue weighted by Gasteiger charge is 2.18. The normalized spacial score (nSPS) is 11.7. The fourth-order valence-corrected chi connectivity index (χ4v) is 1.91. The maximum atomic E-state index is 11.8. The molecule has 1 aromatic carbocycles. The highest BCUT2D eigenvalue weighted by atomic mass is 16.6. The number of phenolic OH excluding ortho intramolecular Hbond substituents is 1. The van der Waals surface area contributed by atoms with Crippen LogP contribution in [0.2, 0.25) is 0 Å². The number of benzene rings is 1. The molecule has 0 fully saturated rings. The van der Waals surface area contributed by atoms with E-state index < -0.39 is 5.60 Å². The second-order valence-corrected chi connectivity index (χ2v) is 5.28. The van der Waals surface area contributed by atoms with Gasteiger partial charge in [0.1, 0.15) is 11.4 Å². The molecule has 0 atom stereocenters. The second-order valence-electron chi connectivity index (χ2n) is 5.28. The Morgan fingerprint density at radius 3 is 2.78 bits per heavy atom. The number of hydrogen-bond acceptors (Lipinski definition) is 3. The Bertz CT molecular complexity index is 578. The number of ether oxygens (including phenoxy) is 1. The summed E-state index contributed by atoms with van der Waals surface area (Å²) in [4.78, 5) is 14.8. The fraction of sp³-hybridized carbons (Fsp3) is 0.357. The van der Waals surface area contributed by atoms with Crippen molar-refractivity contribution >= 4 is 16.9 Å². The Morgan fingerprint density at radius 1 is 1.39 bits per heavy atom. The molecule has 0 aliphatic heterocycles. The number of aromatic nitrogens is 1. The third kappa shape index (κ3) is 2.64. The van der Waals surface area contributed by atoms with Crippen molar-refractivity contribution in [3.8, 4) is 5.75 Å². The van der Waals surface area contributed by atoms with E-state index in [1.54, 1.807) is 18.3 Å². The number of H-pyrrole nitrogens is 1. The Kier molecular flexibility index (Phi) is 3.03. The van der Waals surface area contributed by atoms with E-state index in [1.807, 2.05) is 26.8 Å². The van der Waals surface area contributed by atoms with Gasteiger partial charge in [-0.15, -0.1) is 0 Å². The quantitative estimate of drug-likeness (QED) is 0.802. The van der Waals surface area contributed by atoms with E-state index in [4.69, 9.17) is 4.74 Å². The first-order chi connectivity index (χ1) is 8.37. The fourth-order valence-electron chi connectivity index (χ4n) is 1.91. The van der Waals surface area contributed by atoms with Crippen LogP contribution in [-0.4, -0.2) is 21.7 Å². The molecule has 0 saturated carbocycles. The minimum absolute atomic E-state index is 0.148. The number of nitrogens with one attached hydrogen (secondary N) is 1. The molecule has 2 rings (SSSR count). The number of phenols is 1. The standard InChI is InChI=1S/C14H17NO3/c1-14(2,3)18-12(17)7-9-8-15-10-5-4-6-11(16)13(9)10/h4-6,8,15-16H,7H2,1-3H3. The number of rotatable bonds is 2. The Hall–Kier alpha value is -1.97. The monoisotopic (exact) mass is 247 g/mol. The number of hydrogen-bond donors (Lipinski definition) is 2. The minimum Gasteiger partial charge on any atom is -0.507 e. The number of carbonyl (C=O) groups excluding carboxylic acids is 1. The maximum absolute atomic E-state index is 11.8. The predicted octanol–water partition coefficient (Wildman–Crippen LogP) is 2.76. The second kappa shape index (κ2) is 4.37. The van der Waals surface area contributed by atoms with Crippen molar-refractivity contribution in [2.75, 3.05) is 0 Å². The average molecular weight is 247 g/mol. The summed E-state index contributed by atoms with van der Waals surface area (Å²) >= 11 is 0. The Morgan fingerprint density at radius 2 is 2.11 bits per heavy atom. The van der Waals surface area contributed by atoms with Crippen molar-refractivity contribution < 1.29 is 14.6 Å². The lowest BCUT2D eigenvalue weighted by Crippen LogP contribution is -2.24. The van der Waals surface area contributed by atoms with Crippen LogP contribution in [0, 0.1) is 0 Å². The summed E-state index contributed by atoms with van der Waals surface area (Å²) < 4.78 is 5.27. The molecule has 18 heavy (non-hydrogen) atoms. The molecule has 0 bridgehead atoms. The zero-order valence-electron chi connectivity index (χ0n) is 10.8. The summed E-state index contributed by atoms with van der Waals surface area (Å²) in [5.41, 5.74) is 1.07. The van der Waals surface area contributed by atoms with Crippen molar-refractivity contribution in [2.45, 2.75) is 32.8 Å². The zero-order chi connectivity index (χ0) is 13.3. The average Bonchev–Trinajstić information content (AvgIpc) is 2.59. The summed E-state index contributed by atoms with van der Waals surface area (Å²) in [6.45, 7) is 5.49. The van der Waals surface area contributed by atoms with Crippen molar-refractivity contribution in [1.82, 2.24) is 4.98 Å². The first-order valence-corrected chi connectivity index (χ1v) is 5.86. The van der Waals surface area contributed by atoms with Gasteiger partial charge in [0, 0.05) is 17.1 Å². The first-order valence-electron chi connectivity index (χ1n) is 5.86. The van der Waals surface area contributed by atoms with Crippen molar-refractivity contribution in [3.63, 3.8) is 0 Å². The van der Waals surface area contributed by atoms with E-state index in [1.165, 1.54) is 0 Å². The van der Waals surface area contributed by atoms with E-state index in [0.29, 0.717) is 5.39 Å². The van der Waals surface area contributed by atoms with Gasteiger partial charge < -0.3 is 14.8 Å². The van der Waals surface area contributed by atoms with Crippen LogP contribution in [0.3, 0.4) is 0 Å². The molecule has 2 N–H and O–H groups in total. The molecule has 4 nitrogen and oxygen atoms in total. The van der Waals surface area contributed by atoms with Crippen LogP contribution in [0.25, 0.3) is 10.9 Å². The molecule has 1 heterocycles. The van der Waals surface area contributed by atoms with E-state index in [2.05, 4.69) is 4.98 Å². The topological polar surface area (TPSA) is 62.3 Å². The molecule has 2 aromatic rings. The molecule has 0 aliphatic rings. The van der Waals surface area contributed by atoms with Crippen LogP contribution < -0.4 is 0 Å². The van der Waals surface area contributed by atoms with Gasteiger partial charge in [-0.25, -0.2) is 0 Å². The van der Waals surface area contributed by atoms with Gasteiger partial charge in [-0.05, 0) is 38.5 Å². The lowest BCUT2D eigenvalue weighted by atomic mass is 10.1. The van der Waals surface area contributed by atoms with Crippen LogP contribution in [-0.2, 0) is 16.0 Å². The third-order valence-electron chi connectivity index (χ3n) is 2.52. The molecule has 1 aromatic heterocycles. The summed E-state index contributed by atoms with van der Waals surface area (Å²) in [7, 11) is 0. The van der Waals surface area contributed by atoms with E-state index in [-0.39, 0.29) is 18.1 Å². The van der Waals surface area contributed by atoms with Gasteiger partial charge in [0.2, 0.25) is 0 Å². The number of aromatic hydroxyl groups is 1. The molecule has 0 saturated heterocycles. The van der Waals surface area contributed by atoms with Crippen LogP contribution in [0.4, 0.5) is 0 Å². The lowest BCUT2D eigenvalue weighted by Gasteiger charge is -2.19. The van der Waals surface area contributed by atoms with Crippen LogP contribution in [0.5, 0.6) is 5.75 Å². The van der Waals surface area contributed by atoms with Crippen molar-refractivity contribution in [3.05, 3.63) is 30.0 Å². The van der Waals surface area contributed by atoms with E-state index in [9.17, 15) is 9.90 Å². The predicted molar refractivity (Wildman–Crippen MR) is 69.5 cm³/mol. The first kappa shape index (κ1) is 12.5. The van der Waals surface area contributed by atoms with Crippen LogP contribution >= 0.6 is 0 Å². The molecule has 4 heteroatoms. The van der Waals surface area contributed by atoms with Gasteiger partial charge in [0.25, 0.3) is 0 Å². The molecule has 0 unspecified atom stereocenters. The van der Waals surface area contributed by atoms with Gasteiger partial charge in [-0.2, -0.15) is 0 Å². The molecule has 0 radical (unpaired) electrons. The number of carbonyl (C=O) groups is 1. The maximum Gasteiger partial charge on any atom is 0.310 e. The van der Waals surface area contributed by atoms with Gasteiger partial charge >= 0.3 is 5.97 Å². The molecular formula is C14H17NO3. The zero-order valence-corrected chi connectivity index (χ0v) is 10.8. The summed E-state index contributed by atoms with van der Waals surface area (Å²) in [5.74, 6) is -0.126. The summed E-state index contributed by atoms with van der Waals surface area (Å²) in [6, 6.07) is 5.22. The van der Waals surface area contributed by atoms with Gasteiger partial charge in [0.05, 0.1) is 6.42 Å². The van der Waals surface area contributed by atoms with Crippen LogP contribution in [0.1, 0.15) is 26.3 Å². The number of fused-ring (bicyclic) bond motifs is 1. The van der Waals surface area contributed by atoms with Crippen molar-refractivity contribution in [2.24, 2.45) is 0 Å². The minimum atomic E-state index is -0.495. The highest BCUT2D eigenvalue weighted by molar-refractivity contribution is 5.91. The number of aromatic amines is 1. The molecule has 96 valence electrons. The summed E-state index contributed by atoms with van der Waals surface area (Å²) in [5, 5.41) is 10.5. The van der Waals surface area contributed by atoms with E-state index in [0.717, 1.165) is 11.1 Å². The SMILES string of the molecule is CC(C)(C)OC(=O)Cc1c[nH]c2cccc(O)c12. The third-order valence-corrected chi connectivity index (χ3v) is 2.52. The van der Waals surface area contributed by atoms with Gasteiger partial charge in [0.15, 0.2) is 0 Å². The van der Waals surface area contributed by atoms with Crippen molar-refractivity contribution in [1.29, 1.82) is 0 Å². The molecular weight excluding hydrogens is 230 g/mol. The van der Waals surface area contributed by atoms with Crippen LogP contribution in [0.15, 0.2) is 24.4 Å². The lowest BCUT2D eigenvalue weighted by molar-refractivity contribution is -0.153. The summed E-state index contributed by atoms with van der Waals surface area (Å²) in [6.07, 6.45) is 1.88. The Balaban J connectivity index is 2.25. The molecule has 0 spiro atoms. The Labute approximate surface area is 106 Å². The highest BCUT2D eigenvalue weighted by Crippen LogP contribution is 2.28. The van der Waals surface area contributed by atoms with E-state index >= 15 is 0 Å². The largest absolute Gasteiger partial charge is 0.507 e. The molecule has 0 aliphatic carbocycles. The molecule has 0 amide bonds. The van der Waals surface area contributed by atoms with Gasteiger partial charge in [-0.1, -0.05) is 6.07 Å². The smallest absolute Gasteiger partial charge is 0.310 e. The van der Waals surface area contributed by atoms with Gasteiger partial charge in [-0.3, -0.25) is 4.79 Å².